The SMILES string of the molecule is CC(C)NC(=O)c1ccc2c(c1)nc(COc1ccccc1)n2Cc1cccnc1. The summed E-state index contributed by atoms with van der Waals surface area (Å²) in [6.45, 7) is 4.83. The lowest BCUT2D eigenvalue weighted by atomic mass is 10.1. The van der Waals surface area contributed by atoms with E-state index in [9.17, 15) is 4.79 Å². The molecule has 0 radical (unpaired) electrons. The molecule has 2 heterocycles. The molecule has 0 aliphatic carbocycles. The molecule has 30 heavy (non-hydrogen) atoms. The molecule has 4 rings (SSSR count). The van der Waals surface area contributed by atoms with Crippen molar-refractivity contribution >= 4 is 16.9 Å². The van der Waals surface area contributed by atoms with Crippen LogP contribution in [0.3, 0.4) is 0 Å². The van der Waals surface area contributed by atoms with Gasteiger partial charge in [-0.1, -0.05) is 24.3 Å². The Morgan fingerprint density at radius 3 is 2.67 bits per heavy atom. The Hall–Kier alpha value is -3.67. The van der Waals surface area contributed by atoms with Gasteiger partial charge in [-0.15, -0.1) is 0 Å². The molecule has 0 saturated carbocycles. The van der Waals surface area contributed by atoms with Gasteiger partial charge in [0.1, 0.15) is 18.2 Å². The number of nitrogens with one attached hydrogen (secondary N) is 1. The van der Waals surface area contributed by atoms with E-state index in [4.69, 9.17) is 9.72 Å². The molecule has 0 aliphatic rings. The minimum atomic E-state index is -0.101. The fourth-order valence-electron chi connectivity index (χ4n) is 3.29. The van der Waals surface area contributed by atoms with E-state index in [1.807, 2.05) is 80.7 Å². The highest BCUT2D eigenvalue weighted by molar-refractivity contribution is 5.97. The Morgan fingerprint density at radius 2 is 1.93 bits per heavy atom. The fourth-order valence-corrected chi connectivity index (χ4v) is 3.29. The van der Waals surface area contributed by atoms with Gasteiger partial charge in [0.15, 0.2) is 0 Å². The molecular formula is C24H24N4O2. The molecule has 0 aliphatic heterocycles. The first-order valence-corrected chi connectivity index (χ1v) is 9.97. The summed E-state index contributed by atoms with van der Waals surface area (Å²) in [5.74, 6) is 1.48. The zero-order chi connectivity index (χ0) is 20.9. The molecule has 0 unspecified atom stereocenters. The minimum absolute atomic E-state index is 0.0752. The Bertz CT molecular complexity index is 1140. The molecule has 2 aromatic carbocycles. The van der Waals surface area contributed by atoms with Crippen molar-refractivity contribution in [2.45, 2.75) is 33.0 Å². The first-order chi connectivity index (χ1) is 14.6. The molecule has 2 aromatic heterocycles. The molecule has 0 spiro atoms. The number of nitrogens with zero attached hydrogens (tertiary/aromatic N) is 3. The van der Waals surface area contributed by atoms with Gasteiger partial charge in [0, 0.05) is 24.0 Å². The molecule has 152 valence electrons. The van der Waals surface area contributed by atoms with E-state index >= 15 is 0 Å². The van der Waals surface area contributed by atoms with E-state index < -0.39 is 0 Å². The number of imidazole rings is 1. The fraction of sp³-hybridized carbons (Fsp3) is 0.208. The number of ether oxygens (including phenoxy) is 1. The summed E-state index contributed by atoms with van der Waals surface area (Å²) >= 11 is 0. The first-order valence-electron chi connectivity index (χ1n) is 9.97. The predicted octanol–water partition coefficient (Wildman–Crippen LogP) is 4.20. The highest BCUT2D eigenvalue weighted by Crippen LogP contribution is 2.21. The van der Waals surface area contributed by atoms with Crippen molar-refractivity contribution in [2.24, 2.45) is 0 Å². The van der Waals surface area contributed by atoms with Crippen molar-refractivity contribution in [2.75, 3.05) is 0 Å². The number of hydrogen-bond donors (Lipinski definition) is 1. The van der Waals surface area contributed by atoms with Crippen LogP contribution in [0.2, 0.25) is 0 Å². The maximum atomic E-state index is 12.4. The topological polar surface area (TPSA) is 69.0 Å². The van der Waals surface area contributed by atoms with Crippen molar-refractivity contribution in [3.05, 3.63) is 90.0 Å². The lowest BCUT2D eigenvalue weighted by Crippen LogP contribution is -2.29. The highest BCUT2D eigenvalue weighted by Gasteiger charge is 2.15. The normalized spacial score (nSPS) is 11.0. The predicted molar refractivity (Wildman–Crippen MR) is 116 cm³/mol. The molecule has 0 bridgehead atoms. The minimum Gasteiger partial charge on any atom is -0.486 e. The molecule has 6 nitrogen and oxygen atoms in total. The summed E-state index contributed by atoms with van der Waals surface area (Å²) < 4.78 is 8.06. The number of aromatic nitrogens is 3. The third-order valence-corrected chi connectivity index (χ3v) is 4.68. The number of benzene rings is 2. The van der Waals surface area contributed by atoms with E-state index in [2.05, 4.69) is 14.9 Å². The Morgan fingerprint density at radius 1 is 1.10 bits per heavy atom. The van der Waals surface area contributed by atoms with E-state index in [0.29, 0.717) is 18.7 Å². The largest absolute Gasteiger partial charge is 0.486 e. The van der Waals surface area contributed by atoms with Crippen molar-refractivity contribution < 1.29 is 9.53 Å². The number of rotatable bonds is 7. The van der Waals surface area contributed by atoms with Crippen LogP contribution < -0.4 is 10.1 Å². The Balaban J connectivity index is 1.69. The third kappa shape index (κ3) is 4.49. The number of para-hydroxylation sites is 1. The molecule has 0 saturated heterocycles. The average Bonchev–Trinajstić information content (AvgIpc) is 3.10. The van der Waals surface area contributed by atoms with Gasteiger partial charge < -0.3 is 14.6 Å². The summed E-state index contributed by atoms with van der Waals surface area (Å²) in [5, 5.41) is 2.93. The number of carbonyl (C=O) groups excluding carboxylic acids is 1. The monoisotopic (exact) mass is 400 g/mol. The molecule has 4 aromatic rings. The smallest absolute Gasteiger partial charge is 0.251 e. The van der Waals surface area contributed by atoms with E-state index in [1.165, 1.54) is 0 Å². The summed E-state index contributed by atoms with van der Waals surface area (Å²) in [5.41, 5.74) is 3.38. The van der Waals surface area contributed by atoms with Crippen LogP contribution in [-0.2, 0) is 13.2 Å². The second kappa shape index (κ2) is 8.78. The van der Waals surface area contributed by atoms with E-state index in [1.54, 1.807) is 6.20 Å². The van der Waals surface area contributed by atoms with E-state index in [0.717, 1.165) is 28.2 Å². The number of amides is 1. The number of pyridine rings is 1. The molecule has 6 heteroatoms. The van der Waals surface area contributed by atoms with Crippen LogP contribution in [0.1, 0.15) is 35.6 Å². The van der Waals surface area contributed by atoms with Crippen LogP contribution in [0.5, 0.6) is 5.75 Å². The number of fused-ring (bicyclic) bond motifs is 1. The Kier molecular flexibility index (Phi) is 5.75. The Labute approximate surface area is 175 Å². The van der Waals surface area contributed by atoms with Gasteiger partial charge in [0.05, 0.1) is 17.6 Å². The van der Waals surface area contributed by atoms with Crippen LogP contribution in [0.4, 0.5) is 0 Å². The van der Waals surface area contributed by atoms with Gasteiger partial charge in [-0.25, -0.2) is 4.98 Å². The van der Waals surface area contributed by atoms with Gasteiger partial charge in [-0.2, -0.15) is 0 Å². The zero-order valence-electron chi connectivity index (χ0n) is 17.1. The second-order valence-electron chi connectivity index (χ2n) is 7.41. The van der Waals surface area contributed by atoms with Crippen molar-refractivity contribution in [1.29, 1.82) is 0 Å². The van der Waals surface area contributed by atoms with Crippen LogP contribution in [-0.4, -0.2) is 26.5 Å². The second-order valence-corrected chi connectivity index (χ2v) is 7.41. The van der Waals surface area contributed by atoms with Gasteiger partial charge in [0.25, 0.3) is 5.91 Å². The van der Waals surface area contributed by atoms with Crippen LogP contribution in [0.15, 0.2) is 73.1 Å². The molecule has 0 atom stereocenters. The third-order valence-electron chi connectivity index (χ3n) is 4.68. The number of carbonyl (C=O) groups is 1. The standard InChI is InChI=1S/C24H24N4O2/c1-17(2)26-24(29)19-10-11-22-21(13-19)27-23(16-30-20-8-4-3-5-9-20)28(22)15-18-7-6-12-25-14-18/h3-14,17H,15-16H2,1-2H3,(H,26,29). The average molecular weight is 400 g/mol. The summed E-state index contributed by atoms with van der Waals surface area (Å²) in [7, 11) is 0. The van der Waals surface area contributed by atoms with Crippen molar-refractivity contribution in [3.8, 4) is 5.75 Å². The van der Waals surface area contributed by atoms with E-state index in [-0.39, 0.29) is 11.9 Å². The van der Waals surface area contributed by atoms with Crippen LogP contribution >= 0.6 is 0 Å². The first kappa shape index (κ1) is 19.6. The molecule has 1 N–H and O–H groups in total. The maximum absolute atomic E-state index is 12.4. The van der Waals surface area contributed by atoms with Gasteiger partial charge in [-0.3, -0.25) is 9.78 Å². The molecular weight excluding hydrogens is 376 g/mol. The highest BCUT2D eigenvalue weighted by atomic mass is 16.5. The lowest BCUT2D eigenvalue weighted by molar-refractivity contribution is 0.0943. The lowest BCUT2D eigenvalue weighted by Gasteiger charge is -2.11. The van der Waals surface area contributed by atoms with Crippen molar-refractivity contribution in [3.63, 3.8) is 0 Å². The summed E-state index contributed by atoms with van der Waals surface area (Å²) in [6, 6.07) is 19.3. The zero-order valence-corrected chi connectivity index (χ0v) is 17.1. The van der Waals surface area contributed by atoms with Crippen LogP contribution in [0.25, 0.3) is 11.0 Å². The number of hydrogen-bond acceptors (Lipinski definition) is 4. The summed E-state index contributed by atoms with van der Waals surface area (Å²) in [6.07, 6.45) is 3.60. The summed E-state index contributed by atoms with van der Waals surface area (Å²) in [4.78, 5) is 21.4. The van der Waals surface area contributed by atoms with Gasteiger partial charge in [-0.05, 0) is 55.8 Å². The van der Waals surface area contributed by atoms with Gasteiger partial charge in [0.2, 0.25) is 0 Å². The molecule has 1 amide bonds. The van der Waals surface area contributed by atoms with Gasteiger partial charge >= 0.3 is 0 Å². The van der Waals surface area contributed by atoms with Crippen molar-refractivity contribution in [1.82, 2.24) is 19.9 Å². The molecule has 0 fully saturated rings. The maximum Gasteiger partial charge on any atom is 0.251 e. The van der Waals surface area contributed by atoms with Crippen LogP contribution in [0, 0.1) is 0 Å². The quantitative estimate of drug-likeness (QED) is 0.505.